The van der Waals surface area contributed by atoms with Gasteiger partial charge in [0, 0.05) is 12.1 Å². The molecule has 4 heteroatoms. The summed E-state index contributed by atoms with van der Waals surface area (Å²) in [5.74, 6) is -0.173. The average molecular weight is 218 g/mol. The molecule has 0 atom stereocenters. The molecule has 1 aromatic heterocycles. The Balaban J connectivity index is 3.09. The third kappa shape index (κ3) is 2.42. The monoisotopic (exact) mass is 217 g/mol. The van der Waals surface area contributed by atoms with Crippen LogP contribution in [0.15, 0.2) is 12.3 Å². The number of ketones is 1. The molecule has 70 valence electrons. The van der Waals surface area contributed by atoms with Crippen LogP contribution in [0, 0.1) is 5.92 Å². The second kappa shape index (κ2) is 4.07. The number of halogens is 2. The number of pyridine rings is 1. The van der Waals surface area contributed by atoms with Gasteiger partial charge in [-0.1, -0.05) is 37.0 Å². The summed E-state index contributed by atoms with van der Waals surface area (Å²) in [6, 6.07) is 1.52. The number of Topliss-reactive ketones (excluding diaryl/α,β-unsaturated/α-hetero) is 1. The van der Waals surface area contributed by atoms with Gasteiger partial charge in [0.15, 0.2) is 5.78 Å². The summed E-state index contributed by atoms with van der Waals surface area (Å²) < 4.78 is 0. The molecular formula is C9H9Cl2NO. The molecule has 0 amide bonds. The third-order valence-corrected chi connectivity index (χ3v) is 2.06. The molecule has 0 spiro atoms. The van der Waals surface area contributed by atoms with Gasteiger partial charge in [-0.25, -0.2) is 4.98 Å². The van der Waals surface area contributed by atoms with Gasteiger partial charge in [-0.3, -0.25) is 4.79 Å². The molecule has 1 rings (SSSR count). The van der Waals surface area contributed by atoms with Gasteiger partial charge in [-0.15, -0.1) is 0 Å². The van der Waals surface area contributed by atoms with Crippen molar-refractivity contribution in [3.8, 4) is 0 Å². The lowest BCUT2D eigenvalue weighted by atomic mass is 10.1. The summed E-state index contributed by atoms with van der Waals surface area (Å²) in [5, 5.41) is 0.747. The van der Waals surface area contributed by atoms with E-state index in [4.69, 9.17) is 23.2 Å². The van der Waals surface area contributed by atoms with Crippen LogP contribution in [-0.4, -0.2) is 10.8 Å². The lowest BCUT2D eigenvalue weighted by Crippen LogP contribution is -2.10. The van der Waals surface area contributed by atoms with Gasteiger partial charge < -0.3 is 0 Å². The van der Waals surface area contributed by atoms with Gasteiger partial charge in [0.2, 0.25) is 0 Å². The zero-order chi connectivity index (χ0) is 10.0. The summed E-state index contributed by atoms with van der Waals surface area (Å²) in [6.07, 6.45) is 1.42. The van der Waals surface area contributed by atoms with E-state index in [0.717, 1.165) is 0 Å². The second-order valence-corrected chi connectivity index (χ2v) is 3.85. The topological polar surface area (TPSA) is 30.0 Å². The molecule has 0 bridgehead atoms. The zero-order valence-electron chi connectivity index (χ0n) is 7.34. The molecule has 1 heterocycles. The Hall–Kier alpha value is -0.600. The lowest BCUT2D eigenvalue weighted by molar-refractivity contribution is 0.0934. The highest BCUT2D eigenvalue weighted by molar-refractivity contribution is 6.36. The van der Waals surface area contributed by atoms with E-state index in [-0.39, 0.29) is 11.7 Å². The number of hydrogen-bond acceptors (Lipinski definition) is 2. The first-order chi connectivity index (χ1) is 6.02. The number of aromatic nitrogens is 1. The predicted octanol–water partition coefficient (Wildman–Crippen LogP) is 3.23. The van der Waals surface area contributed by atoms with Crippen LogP contribution < -0.4 is 0 Å². The first-order valence-electron chi connectivity index (χ1n) is 3.87. The van der Waals surface area contributed by atoms with E-state index in [9.17, 15) is 4.79 Å². The molecule has 0 unspecified atom stereocenters. The van der Waals surface area contributed by atoms with Crippen LogP contribution in [0.2, 0.25) is 10.0 Å². The zero-order valence-corrected chi connectivity index (χ0v) is 8.86. The predicted molar refractivity (Wildman–Crippen MR) is 53.4 cm³/mol. The normalized spacial score (nSPS) is 10.5. The molecule has 0 aliphatic heterocycles. The number of rotatable bonds is 2. The van der Waals surface area contributed by atoms with Crippen molar-refractivity contribution < 1.29 is 4.79 Å². The minimum atomic E-state index is -0.105. The van der Waals surface area contributed by atoms with Gasteiger partial charge in [0.05, 0.1) is 10.0 Å². The first-order valence-corrected chi connectivity index (χ1v) is 4.63. The van der Waals surface area contributed by atoms with Crippen LogP contribution in [0.4, 0.5) is 0 Å². The Morgan fingerprint density at radius 1 is 1.46 bits per heavy atom. The first kappa shape index (κ1) is 10.5. The lowest BCUT2D eigenvalue weighted by Gasteiger charge is -2.04. The third-order valence-electron chi connectivity index (χ3n) is 1.57. The molecule has 0 aliphatic carbocycles. The Morgan fingerprint density at radius 2 is 2.08 bits per heavy atom. The average Bonchev–Trinajstić information content (AvgIpc) is 2.03. The fraction of sp³-hybridized carbons (Fsp3) is 0.333. The molecular weight excluding hydrogens is 209 g/mol. The Bertz CT molecular complexity index is 336. The van der Waals surface area contributed by atoms with Crippen LogP contribution >= 0.6 is 23.2 Å². The Kier molecular flexibility index (Phi) is 3.28. The molecule has 0 saturated carbocycles. The highest BCUT2D eigenvalue weighted by Crippen LogP contribution is 2.20. The smallest absolute Gasteiger partial charge is 0.185 e. The molecule has 0 saturated heterocycles. The van der Waals surface area contributed by atoms with Gasteiger partial charge in [0.1, 0.15) is 5.69 Å². The van der Waals surface area contributed by atoms with Crippen molar-refractivity contribution in [2.24, 2.45) is 5.92 Å². The van der Waals surface area contributed by atoms with Crippen molar-refractivity contribution in [1.82, 2.24) is 4.98 Å². The molecule has 0 aliphatic rings. The molecule has 2 nitrogen and oxygen atoms in total. The number of carbonyl (C=O) groups is 1. The maximum absolute atomic E-state index is 11.5. The van der Waals surface area contributed by atoms with Crippen LogP contribution in [0.25, 0.3) is 0 Å². The molecule has 13 heavy (non-hydrogen) atoms. The van der Waals surface area contributed by atoms with Crippen LogP contribution in [0.5, 0.6) is 0 Å². The van der Waals surface area contributed by atoms with Gasteiger partial charge in [-0.2, -0.15) is 0 Å². The van der Waals surface area contributed by atoms with Crippen LogP contribution in [0.1, 0.15) is 24.3 Å². The van der Waals surface area contributed by atoms with E-state index in [2.05, 4.69) is 4.98 Å². The van der Waals surface area contributed by atoms with E-state index < -0.39 is 0 Å². The van der Waals surface area contributed by atoms with Gasteiger partial charge in [0.25, 0.3) is 0 Å². The summed E-state index contributed by atoms with van der Waals surface area (Å²) >= 11 is 11.4. The van der Waals surface area contributed by atoms with Gasteiger partial charge in [-0.05, 0) is 6.07 Å². The fourth-order valence-electron chi connectivity index (χ4n) is 0.869. The summed E-state index contributed by atoms with van der Waals surface area (Å²) in [4.78, 5) is 15.4. The van der Waals surface area contributed by atoms with Crippen molar-refractivity contribution in [1.29, 1.82) is 0 Å². The highest BCUT2D eigenvalue weighted by Gasteiger charge is 2.15. The van der Waals surface area contributed by atoms with E-state index in [0.29, 0.717) is 15.7 Å². The minimum absolute atomic E-state index is 0.0679. The minimum Gasteiger partial charge on any atom is -0.292 e. The largest absolute Gasteiger partial charge is 0.292 e. The van der Waals surface area contributed by atoms with Crippen molar-refractivity contribution in [3.05, 3.63) is 28.0 Å². The summed E-state index contributed by atoms with van der Waals surface area (Å²) in [7, 11) is 0. The Labute approximate surface area is 86.9 Å². The van der Waals surface area contributed by atoms with Crippen LogP contribution in [0.3, 0.4) is 0 Å². The second-order valence-electron chi connectivity index (χ2n) is 3.00. The number of carbonyl (C=O) groups excluding carboxylic acids is 1. The highest BCUT2D eigenvalue weighted by atomic mass is 35.5. The standard InChI is InChI=1S/C9H9Cl2NO/c1-5(2)9(13)8-7(11)3-6(10)4-12-8/h3-5H,1-2H3. The van der Waals surface area contributed by atoms with Crippen molar-refractivity contribution >= 4 is 29.0 Å². The van der Waals surface area contributed by atoms with Crippen molar-refractivity contribution in [2.45, 2.75) is 13.8 Å². The van der Waals surface area contributed by atoms with Crippen LogP contribution in [-0.2, 0) is 0 Å². The molecule has 1 aromatic rings. The van der Waals surface area contributed by atoms with E-state index in [1.165, 1.54) is 12.3 Å². The number of hydrogen-bond donors (Lipinski definition) is 0. The summed E-state index contributed by atoms with van der Waals surface area (Å²) in [6.45, 7) is 3.60. The molecule has 0 N–H and O–H groups in total. The fourth-order valence-corrected chi connectivity index (χ4v) is 1.34. The summed E-state index contributed by atoms with van der Waals surface area (Å²) in [5.41, 5.74) is 0.293. The Morgan fingerprint density at radius 3 is 2.54 bits per heavy atom. The quantitative estimate of drug-likeness (QED) is 0.713. The van der Waals surface area contributed by atoms with Crippen molar-refractivity contribution in [2.75, 3.05) is 0 Å². The van der Waals surface area contributed by atoms with Gasteiger partial charge >= 0.3 is 0 Å². The SMILES string of the molecule is CC(C)C(=O)c1ncc(Cl)cc1Cl. The maximum atomic E-state index is 11.5. The van der Waals surface area contributed by atoms with E-state index in [1.807, 2.05) is 0 Å². The molecule has 0 aromatic carbocycles. The van der Waals surface area contributed by atoms with Crippen molar-refractivity contribution in [3.63, 3.8) is 0 Å². The molecule has 0 radical (unpaired) electrons. The molecule has 0 fully saturated rings. The number of nitrogens with zero attached hydrogens (tertiary/aromatic N) is 1. The van der Waals surface area contributed by atoms with E-state index in [1.54, 1.807) is 13.8 Å². The maximum Gasteiger partial charge on any atom is 0.185 e. The van der Waals surface area contributed by atoms with E-state index >= 15 is 0 Å².